The van der Waals surface area contributed by atoms with Gasteiger partial charge < -0.3 is 9.84 Å². The van der Waals surface area contributed by atoms with Gasteiger partial charge >= 0.3 is 5.97 Å². The van der Waals surface area contributed by atoms with Gasteiger partial charge in [0.05, 0.1) is 6.61 Å². The highest BCUT2D eigenvalue weighted by atomic mass is 16.5. The molecule has 0 unspecified atom stereocenters. The quantitative estimate of drug-likeness (QED) is 0.688. The van der Waals surface area contributed by atoms with Crippen LogP contribution in [-0.2, 0) is 9.53 Å². The zero-order chi connectivity index (χ0) is 11.9. The topological polar surface area (TPSA) is 46.5 Å². The summed E-state index contributed by atoms with van der Waals surface area (Å²) in [6.07, 6.45) is 9.00. The molecule has 1 saturated carbocycles. The van der Waals surface area contributed by atoms with E-state index in [1.807, 2.05) is 0 Å². The van der Waals surface area contributed by atoms with Gasteiger partial charge in [0.25, 0.3) is 0 Å². The van der Waals surface area contributed by atoms with Gasteiger partial charge in [-0.05, 0) is 13.8 Å². The Morgan fingerprint density at radius 2 is 1.33 bits per heavy atom. The average Bonchev–Trinajstić information content (AvgIpc) is 2.22. The maximum atomic E-state index is 9.82. The third-order valence-corrected chi connectivity index (χ3v) is 1.85. The predicted molar refractivity (Wildman–Crippen MR) is 62.8 cm³/mol. The summed E-state index contributed by atoms with van der Waals surface area (Å²) in [4.78, 5) is 9.82. The van der Waals surface area contributed by atoms with E-state index in [1.165, 1.54) is 45.4 Å². The number of rotatable bonds is 1. The monoisotopic (exact) mass is 218 g/mol. The number of hydrogen-bond acceptors (Lipinski definition) is 3. The van der Waals surface area contributed by atoms with E-state index in [1.54, 1.807) is 13.8 Å². The summed E-state index contributed by atoms with van der Waals surface area (Å²) in [5.41, 5.74) is 0. The van der Waals surface area contributed by atoms with Gasteiger partial charge in [-0.2, -0.15) is 0 Å². The number of aliphatic hydroxyl groups is 1. The lowest BCUT2D eigenvalue weighted by atomic mass is 10.0. The second-order valence-electron chi connectivity index (χ2n) is 3.36. The minimum absolute atomic E-state index is 0.211. The lowest BCUT2D eigenvalue weighted by molar-refractivity contribution is -0.140. The molecule has 1 aliphatic rings. The van der Waals surface area contributed by atoms with Crippen molar-refractivity contribution in [2.24, 2.45) is 0 Å². The van der Waals surface area contributed by atoms with Crippen LogP contribution in [0.2, 0.25) is 0 Å². The van der Waals surface area contributed by atoms with Gasteiger partial charge in [0.15, 0.2) is 0 Å². The van der Waals surface area contributed by atoms with Gasteiger partial charge in [0.1, 0.15) is 0 Å². The predicted octanol–water partition coefficient (Wildman–Crippen LogP) is 2.91. The van der Waals surface area contributed by atoms with E-state index in [4.69, 9.17) is 5.11 Å². The first-order valence-electron chi connectivity index (χ1n) is 5.93. The average molecular weight is 218 g/mol. The minimum atomic E-state index is -0.211. The highest BCUT2D eigenvalue weighted by molar-refractivity contribution is 5.65. The molecule has 0 spiro atoms. The van der Waals surface area contributed by atoms with Crippen LogP contribution in [0.5, 0.6) is 0 Å². The Hall–Kier alpha value is -0.570. The van der Waals surface area contributed by atoms with E-state index in [-0.39, 0.29) is 12.6 Å². The first-order valence-corrected chi connectivity index (χ1v) is 5.93. The Morgan fingerprint density at radius 1 is 1.07 bits per heavy atom. The van der Waals surface area contributed by atoms with Crippen molar-refractivity contribution in [1.82, 2.24) is 0 Å². The molecule has 92 valence electrons. The second kappa shape index (κ2) is 15.9. The summed E-state index contributed by atoms with van der Waals surface area (Å²) in [6, 6.07) is 0. The van der Waals surface area contributed by atoms with Crippen molar-refractivity contribution >= 4 is 5.97 Å². The standard InChI is InChI=1S/C6H12.C4H8O2.C2H6O/c1-2-4-6-5-3-1;1-3-6-4(2)5;1-2-3/h1-6H2;3H2,1-2H3;3H,2H2,1H3. The molecule has 3 nitrogen and oxygen atoms in total. The van der Waals surface area contributed by atoms with E-state index in [0.29, 0.717) is 6.61 Å². The molecule has 0 aromatic carbocycles. The second-order valence-corrected chi connectivity index (χ2v) is 3.36. The van der Waals surface area contributed by atoms with Crippen LogP contribution in [0, 0.1) is 0 Å². The largest absolute Gasteiger partial charge is 0.466 e. The van der Waals surface area contributed by atoms with Crippen LogP contribution in [0.15, 0.2) is 0 Å². The molecule has 3 heteroatoms. The maximum absolute atomic E-state index is 9.82. The smallest absolute Gasteiger partial charge is 0.302 e. The molecule has 0 amide bonds. The van der Waals surface area contributed by atoms with Crippen molar-refractivity contribution in [2.45, 2.75) is 59.3 Å². The number of aliphatic hydroxyl groups excluding tert-OH is 1. The van der Waals surface area contributed by atoms with Gasteiger partial charge in [0, 0.05) is 13.5 Å². The molecule has 15 heavy (non-hydrogen) atoms. The van der Waals surface area contributed by atoms with E-state index in [9.17, 15) is 4.79 Å². The van der Waals surface area contributed by atoms with Crippen LogP contribution in [0.3, 0.4) is 0 Å². The van der Waals surface area contributed by atoms with Crippen molar-refractivity contribution in [2.75, 3.05) is 13.2 Å². The van der Waals surface area contributed by atoms with Crippen molar-refractivity contribution in [3.63, 3.8) is 0 Å². The van der Waals surface area contributed by atoms with Gasteiger partial charge in [-0.25, -0.2) is 0 Å². The Bertz CT molecular complexity index is 109. The maximum Gasteiger partial charge on any atom is 0.302 e. The first-order chi connectivity index (χ1) is 7.18. The van der Waals surface area contributed by atoms with Crippen molar-refractivity contribution in [1.29, 1.82) is 0 Å². The van der Waals surface area contributed by atoms with Crippen molar-refractivity contribution in [3.05, 3.63) is 0 Å². The van der Waals surface area contributed by atoms with Crippen LogP contribution in [-0.4, -0.2) is 24.3 Å². The molecule has 0 aliphatic heterocycles. The van der Waals surface area contributed by atoms with Crippen LogP contribution in [0.1, 0.15) is 59.3 Å². The van der Waals surface area contributed by atoms with E-state index in [2.05, 4.69) is 4.74 Å². The molecule has 0 radical (unpaired) electrons. The minimum Gasteiger partial charge on any atom is -0.466 e. The number of hydrogen-bond donors (Lipinski definition) is 1. The molecule has 1 N–H and O–H groups in total. The third kappa shape index (κ3) is 24.7. The fourth-order valence-electron chi connectivity index (χ4n) is 1.26. The van der Waals surface area contributed by atoms with E-state index >= 15 is 0 Å². The molecule has 1 rings (SSSR count). The number of ether oxygens (including phenoxy) is 1. The zero-order valence-electron chi connectivity index (χ0n) is 10.4. The molecule has 1 fully saturated rings. The Labute approximate surface area is 93.8 Å². The fourth-order valence-corrected chi connectivity index (χ4v) is 1.26. The lowest BCUT2D eigenvalue weighted by Gasteiger charge is -2.05. The summed E-state index contributed by atoms with van der Waals surface area (Å²) in [5.74, 6) is -0.211. The molecule has 0 bridgehead atoms. The summed E-state index contributed by atoms with van der Waals surface area (Å²) >= 11 is 0. The molecule has 0 aromatic rings. The van der Waals surface area contributed by atoms with E-state index in [0.717, 1.165) is 0 Å². The van der Waals surface area contributed by atoms with Gasteiger partial charge in [-0.1, -0.05) is 38.5 Å². The lowest BCUT2D eigenvalue weighted by Crippen LogP contribution is -1.95. The summed E-state index contributed by atoms with van der Waals surface area (Å²) in [7, 11) is 0. The SMILES string of the molecule is C1CCCCC1.CCO.CCOC(C)=O. The highest BCUT2D eigenvalue weighted by Gasteiger charge is 1.95. The Kier molecular flexibility index (Phi) is 17.8. The van der Waals surface area contributed by atoms with Crippen molar-refractivity contribution in [3.8, 4) is 0 Å². The van der Waals surface area contributed by atoms with Crippen LogP contribution in [0.4, 0.5) is 0 Å². The number of esters is 1. The third-order valence-electron chi connectivity index (χ3n) is 1.85. The fraction of sp³-hybridized carbons (Fsp3) is 0.917. The molecule has 0 heterocycles. The van der Waals surface area contributed by atoms with Crippen LogP contribution in [0.25, 0.3) is 0 Å². The molecular formula is C12H26O3. The molecule has 0 saturated heterocycles. The summed E-state index contributed by atoms with van der Waals surface area (Å²) < 4.78 is 4.40. The number of carbonyl (C=O) groups excluding carboxylic acids is 1. The molecule has 0 atom stereocenters. The Balaban J connectivity index is 0. The highest BCUT2D eigenvalue weighted by Crippen LogP contribution is 2.15. The first kappa shape index (κ1) is 16.8. The Morgan fingerprint density at radius 3 is 1.40 bits per heavy atom. The van der Waals surface area contributed by atoms with Gasteiger partial charge in [0.2, 0.25) is 0 Å². The summed E-state index contributed by atoms with van der Waals surface area (Å²) in [6.45, 7) is 5.58. The van der Waals surface area contributed by atoms with E-state index < -0.39 is 0 Å². The van der Waals surface area contributed by atoms with Crippen LogP contribution < -0.4 is 0 Å². The van der Waals surface area contributed by atoms with Gasteiger partial charge in [-0.3, -0.25) is 4.79 Å². The normalized spacial score (nSPS) is 13.9. The molecular weight excluding hydrogens is 192 g/mol. The van der Waals surface area contributed by atoms with Crippen molar-refractivity contribution < 1.29 is 14.6 Å². The van der Waals surface area contributed by atoms with Crippen LogP contribution >= 0.6 is 0 Å². The summed E-state index contributed by atoms with van der Waals surface area (Å²) in [5, 5.41) is 7.57. The number of carbonyl (C=O) groups is 1. The zero-order valence-corrected chi connectivity index (χ0v) is 10.4. The molecule has 0 aromatic heterocycles. The molecule has 1 aliphatic carbocycles. The van der Waals surface area contributed by atoms with Gasteiger partial charge in [-0.15, -0.1) is 0 Å².